The van der Waals surface area contributed by atoms with Crippen LogP contribution in [0.25, 0.3) is 0 Å². The normalized spacial score (nSPS) is 18.3. The van der Waals surface area contributed by atoms with Gasteiger partial charge in [-0.1, -0.05) is 45.2 Å². The van der Waals surface area contributed by atoms with Crippen LogP contribution in [0.15, 0.2) is 0 Å². The summed E-state index contributed by atoms with van der Waals surface area (Å²) in [6.45, 7) is 0.989. The van der Waals surface area contributed by atoms with Crippen molar-refractivity contribution < 1.29 is 23.8 Å². The zero-order valence-electron chi connectivity index (χ0n) is 6.72. The van der Waals surface area contributed by atoms with Crippen LogP contribution in [-0.4, -0.2) is 35.1 Å². The highest BCUT2D eigenvalue weighted by molar-refractivity contribution is 14.1. The standard InChI is InChI=1S/C4H10I2O5P2/c1-12(7,8)4(2-5,3-6)13(9,10)11/h2-3H2,1H3,(H,7,8)(H2,9,10,11). The van der Waals surface area contributed by atoms with Gasteiger partial charge in [-0.15, -0.1) is 0 Å². The summed E-state index contributed by atoms with van der Waals surface area (Å²) in [6.07, 6.45) is 0. The molecule has 0 rings (SSSR count). The number of hydrogen-bond acceptors (Lipinski definition) is 2. The molecule has 0 aromatic carbocycles. The Morgan fingerprint density at radius 3 is 1.46 bits per heavy atom. The van der Waals surface area contributed by atoms with E-state index in [2.05, 4.69) is 0 Å². The number of alkyl halides is 2. The SMILES string of the molecule is CP(=O)(O)C(CI)(CI)P(=O)(O)O. The second kappa shape index (κ2) is 4.76. The molecule has 0 aromatic rings. The van der Waals surface area contributed by atoms with Crippen LogP contribution in [0.4, 0.5) is 0 Å². The molecular weight excluding hydrogens is 444 g/mol. The molecule has 0 aromatic heterocycles. The number of rotatable bonds is 4. The maximum Gasteiger partial charge on any atom is 0.342 e. The highest BCUT2D eigenvalue weighted by atomic mass is 127. The summed E-state index contributed by atoms with van der Waals surface area (Å²) in [4.78, 5) is 25.6. The molecule has 0 amide bonds. The molecule has 0 aliphatic carbocycles. The molecule has 9 heteroatoms. The van der Waals surface area contributed by atoms with E-state index in [0.717, 1.165) is 6.66 Å². The quantitative estimate of drug-likeness (QED) is 0.342. The molecule has 13 heavy (non-hydrogen) atoms. The molecule has 0 saturated carbocycles. The van der Waals surface area contributed by atoms with Gasteiger partial charge in [-0.3, -0.25) is 9.13 Å². The van der Waals surface area contributed by atoms with Gasteiger partial charge in [0.25, 0.3) is 0 Å². The summed E-state index contributed by atoms with van der Waals surface area (Å²) in [5, 5.41) is 0. The second-order valence-electron chi connectivity index (χ2n) is 2.67. The van der Waals surface area contributed by atoms with Crippen LogP contribution >= 0.6 is 60.1 Å². The van der Waals surface area contributed by atoms with Crippen molar-refractivity contribution >= 4 is 60.1 Å². The highest BCUT2D eigenvalue weighted by Crippen LogP contribution is 2.70. The molecule has 0 aliphatic heterocycles. The van der Waals surface area contributed by atoms with Crippen LogP contribution in [0, 0.1) is 0 Å². The maximum atomic E-state index is 11.4. The lowest BCUT2D eigenvalue weighted by Gasteiger charge is -2.32. The lowest BCUT2D eigenvalue weighted by Crippen LogP contribution is -2.32. The fraction of sp³-hybridized carbons (Fsp3) is 1.00. The lowest BCUT2D eigenvalue weighted by molar-refractivity contribution is 0.352. The van der Waals surface area contributed by atoms with Crippen molar-refractivity contribution in [2.75, 3.05) is 15.5 Å². The van der Waals surface area contributed by atoms with E-state index < -0.39 is 19.9 Å². The average Bonchev–Trinajstić information content (AvgIpc) is 1.84. The fourth-order valence-corrected chi connectivity index (χ4v) is 11.4. The van der Waals surface area contributed by atoms with E-state index in [1.165, 1.54) is 0 Å². The zero-order valence-corrected chi connectivity index (χ0v) is 12.8. The van der Waals surface area contributed by atoms with Crippen molar-refractivity contribution in [3.8, 4) is 0 Å². The molecule has 1 atom stereocenters. The Labute approximate surface area is 104 Å². The van der Waals surface area contributed by atoms with E-state index in [1.807, 2.05) is 0 Å². The fourth-order valence-electron chi connectivity index (χ4n) is 0.655. The van der Waals surface area contributed by atoms with Gasteiger partial charge in [0.05, 0.1) is 0 Å². The van der Waals surface area contributed by atoms with Gasteiger partial charge in [0.2, 0.25) is 7.37 Å². The van der Waals surface area contributed by atoms with Crippen molar-refractivity contribution in [3.63, 3.8) is 0 Å². The Morgan fingerprint density at radius 2 is 1.46 bits per heavy atom. The first-order chi connectivity index (χ1) is 5.62. The van der Waals surface area contributed by atoms with Crippen LogP contribution in [0.1, 0.15) is 0 Å². The highest BCUT2D eigenvalue weighted by Gasteiger charge is 2.56. The smallest absolute Gasteiger partial charge is 0.342 e. The third kappa shape index (κ3) is 2.89. The predicted octanol–water partition coefficient (Wildman–Crippen LogP) is 1.63. The van der Waals surface area contributed by atoms with E-state index in [9.17, 15) is 14.0 Å². The van der Waals surface area contributed by atoms with Crippen LogP contribution in [0.2, 0.25) is 0 Å². The van der Waals surface area contributed by atoms with Crippen LogP contribution in [0.3, 0.4) is 0 Å². The van der Waals surface area contributed by atoms with Gasteiger partial charge >= 0.3 is 7.60 Å². The molecule has 3 N–H and O–H groups in total. The first-order valence-electron chi connectivity index (χ1n) is 3.10. The minimum Gasteiger partial charge on any atom is -0.344 e. The van der Waals surface area contributed by atoms with Crippen molar-refractivity contribution in [1.82, 2.24) is 0 Å². The minimum absolute atomic E-state index is 0.0394. The summed E-state index contributed by atoms with van der Waals surface area (Å²) in [5.74, 6) is 0. The van der Waals surface area contributed by atoms with Gasteiger partial charge < -0.3 is 14.7 Å². The molecule has 80 valence electrons. The first kappa shape index (κ1) is 14.8. The van der Waals surface area contributed by atoms with E-state index >= 15 is 0 Å². The van der Waals surface area contributed by atoms with Gasteiger partial charge in [-0.25, -0.2) is 0 Å². The maximum absolute atomic E-state index is 11.4. The molecular formula is C4H10I2O5P2. The molecule has 0 fully saturated rings. The molecule has 0 spiro atoms. The van der Waals surface area contributed by atoms with E-state index in [4.69, 9.17) is 9.79 Å². The number of hydrogen-bond donors (Lipinski definition) is 3. The van der Waals surface area contributed by atoms with Gasteiger partial charge in [0.15, 0.2) is 4.90 Å². The van der Waals surface area contributed by atoms with E-state index in [0.29, 0.717) is 0 Å². The van der Waals surface area contributed by atoms with Crippen molar-refractivity contribution in [3.05, 3.63) is 0 Å². The third-order valence-electron chi connectivity index (χ3n) is 1.74. The van der Waals surface area contributed by atoms with Gasteiger partial charge in [0.1, 0.15) is 0 Å². The monoisotopic (exact) mass is 454 g/mol. The Bertz CT molecular complexity index is 240. The van der Waals surface area contributed by atoms with E-state index in [-0.39, 0.29) is 8.86 Å². The summed E-state index contributed by atoms with van der Waals surface area (Å²) in [6, 6.07) is 0. The Hall–Kier alpha value is 1.80. The zero-order chi connectivity index (χ0) is 10.9. The molecule has 0 heterocycles. The molecule has 0 saturated heterocycles. The molecule has 0 radical (unpaired) electrons. The van der Waals surface area contributed by atoms with Crippen LogP contribution in [0.5, 0.6) is 0 Å². The van der Waals surface area contributed by atoms with Gasteiger partial charge in [-0.05, 0) is 0 Å². The molecule has 0 aliphatic rings. The van der Waals surface area contributed by atoms with Crippen molar-refractivity contribution in [1.29, 1.82) is 0 Å². The Morgan fingerprint density at radius 1 is 1.15 bits per heavy atom. The van der Waals surface area contributed by atoms with Crippen LogP contribution < -0.4 is 0 Å². The summed E-state index contributed by atoms with van der Waals surface area (Å²) in [7, 11) is -8.36. The minimum atomic E-state index is -4.56. The predicted molar refractivity (Wildman–Crippen MR) is 68.3 cm³/mol. The topological polar surface area (TPSA) is 94.8 Å². The Balaban J connectivity index is 5.45. The number of halogens is 2. The molecule has 0 bridgehead atoms. The Kier molecular flexibility index (Phi) is 5.42. The van der Waals surface area contributed by atoms with Crippen molar-refractivity contribution in [2.45, 2.75) is 4.90 Å². The van der Waals surface area contributed by atoms with Crippen molar-refractivity contribution in [2.24, 2.45) is 0 Å². The largest absolute Gasteiger partial charge is 0.344 e. The van der Waals surface area contributed by atoms with Crippen LogP contribution in [-0.2, 0) is 9.13 Å². The summed E-state index contributed by atoms with van der Waals surface area (Å²) < 4.78 is 22.4. The molecule has 1 unspecified atom stereocenters. The molecule has 5 nitrogen and oxygen atoms in total. The second-order valence-corrected chi connectivity index (χ2v) is 9.11. The summed E-state index contributed by atoms with van der Waals surface area (Å²) in [5.41, 5.74) is 0. The summed E-state index contributed by atoms with van der Waals surface area (Å²) >= 11 is 3.45. The average molecular weight is 454 g/mol. The first-order valence-corrected chi connectivity index (χ1v) is 9.87. The van der Waals surface area contributed by atoms with E-state index in [1.54, 1.807) is 45.2 Å². The lowest BCUT2D eigenvalue weighted by atomic mass is 10.5. The van der Waals surface area contributed by atoms with Gasteiger partial charge in [-0.2, -0.15) is 0 Å². The van der Waals surface area contributed by atoms with Gasteiger partial charge in [0, 0.05) is 15.5 Å². The third-order valence-corrected chi connectivity index (χ3v) is 11.9.